The molecule has 0 saturated carbocycles. The summed E-state index contributed by atoms with van der Waals surface area (Å²) >= 11 is 0. The minimum atomic E-state index is -4.53. The number of rotatable bonds is 2. The molecular weight excluding hydrogens is 157 g/mol. The monoisotopic (exact) mass is 162 g/mol. The van der Waals surface area contributed by atoms with Crippen molar-refractivity contribution in [2.45, 2.75) is 0 Å². The summed E-state index contributed by atoms with van der Waals surface area (Å²) in [6.45, 7) is 3.03. The Morgan fingerprint density at radius 1 is 1.88 bits per heavy atom. The van der Waals surface area contributed by atoms with E-state index in [0.717, 1.165) is 6.08 Å². The van der Waals surface area contributed by atoms with Gasteiger partial charge in [0.15, 0.2) is 7.68 Å². The minimum Gasteiger partial charge on any atom is -0.775 e. The van der Waals surface area contributed by atoms with Crippen LogP contribution in [0.3, 0.4) is 0 Å². The molecule has 0 saturated heterocycles. The van der Waals surface area contributed by atoms with Crippen LogP contribution >= 0.6 is 7.68 Å². The first-order valence-electron chi connectivity index (χ1n) is 1.67. The van der Waals surface area contributed by atoms with E-state index in [4.69, 9.17) is 0 Å². The summed E-state index contributed by atoms with van der Waals surface area (Å²) in [6.07, 6.45) is 0.445. The van der Waals surface area contributed by atoms with E-state index in [2.05, 4.69) is 6.58 Å². The largest absolute Gasteiger partial charge is 1.00 e. The molecule has 2 nitrogen and oxygen atoms in total. The SMILES string of the molecule is C=CCP(=O)([O-])F.[K+]. The number of hydrogen-bond acceptors (Lipinski definition) is 2. The van der Waals surface area contributed by atoms with Gasteiger partial charge >= 0.3 is 51.4 Å². The molecule has 8 heavy (non-hydrogen) atoms. The van der Waals surface area contributed by atoms with Gasteiger partial charge in [0.2, 0.25) is 0 Å². The van der Waals surface area contributed by atoms with Gasteiger partial charge in [-0.15, -0.1) is 6.58 Å². The molecular formula is C3H5FKO2P. The summed E-state index contributed by atoms with van der Waals surface area (Å²) in [7, 11) is -4.53. The summed E-state index contributed by atoms with van der Waals surface area (Å²) in [6, 6.07) is 0. The van der Waals surface area contributed by atoms with Gasteiger partial charge in [-0.25, -0.2) is 4.20 Å². The molecule has 1 unspecified atom stereocenters. The van der Waals surface area contributed by atoms with Crippen LogP contribution in [0.15, 0.2) is 12.7 Å². The van der Waals surface area contributed by atoms with Gasteiger partial charge in [-0.05, 0) is 0 Å². The van der Waals surface area contributed by atoms with Gasteiger partial charge in [0.1, 0.15) is 0 Å². The fraction of sp³-hybridized carbons (Fsp3) is 0.333. The molecule has 0 fully saturated rings. The molecule has 0 spiro atoms. The first kappa shape index (κ1) is 12.2. The van der Waals surface area contributed by atoms with E-state index in [0.29, 0.717) is 0 Å². The van der Waals surface area contributed by atoms with Gasteiger partial charge in [0.25, 0.3) is 0 Å². The molecule has 0 aromatic heterocycles. The van der Waals surface area contributed by atoms with Crippen molar-refractivity contribution in [3.05, 3.63) is 12.7 Å². The van der Waals surface area contributed by atoms with E-state index in [-0.39, 0.29) is 51.4 Å². The number of hydrogen-bond donors (Lipinski definition) is 0. The molecule has 0 amide bonds. The van der Waals surface area contributed by atoms with Crippen LogP contribution < -0.4 is 56.3 Å². The first-order chi connectivity index (χ1) is 3.06. The van der Waals surface area contributed by atoms with Crippen molar-refractivity contribution >= 4 is 7.68 Å². The Morgan fingerprint density at radius 3 is 2.25 bits per heavy atom. The van der Waals surface area contributed by atoms with Crippen molar-refractivity contribution in [1.29, 1.82) is 0 Å². The summed E-state index contributed by atoms with van der Waals surface area (Å²) in [5.74, 6) is 0. The van der Waals surface area contributed by atoms with Gasteiger partial charge in [-0.2, -0.15) is 0 Å². The Morgan fingerprint density at radius 2 is 2.25 bits per heavy atom. The predicted octanol–water partition coefficient (Wildman–Crippen LogP) is -2.30. The number of halogens is 1. The summed E-state index contributed by atoms with van der Waals surface area (Å²) < 4.78 is 20.8. The Labute approximate surface area is 90.2 Å². The molecule has 42 valence electrons. The van der Waals surface area contributed by atoms with Crippen molar-refractivity contribution in [2.75, 3.05) is 6.16 Å². The smallest absolute Gasteiger partial charge is 0.775 e. The molecule has 0 bridgehead atoms. The van der Waals surface area contributed by atoms with Crippen LogP contribution in [-0.2, 0) is 4.57 Å². The van der Waals surface area contributed by atoms with E-state index in [1.54, 1.807) is 0 Å². The molecule has 5 heteroatoms. The second-order valence-electron chi connectivity index (χ2n) is 1.06. The fourth-order valence-electron chi connectivity index (χ4n) is 0.154. The van der Waals surface area contributed by atoms with Gasteiger partial charge in [-0.3, -0.25) is 0 Å². The van der Waals surface area contributed by atoms with Crippen molar-refractivity contribution in [2.24, 2.45) is 0 Å². The molecule has 0 aromatic rings. The van der Waals surface area contributed by atoms with Crippen molar-refractivity contribution in [1.82, 2.24) is 0 Å². The maximum atomic E-state index is 11.3. The third-order valence-electron chi connectivity index (χ3n) is 0.347. The van der Waals surface area contributed by atoms with E-state index in [1.807, 2.05) is 0 Å². The van der Waals surface area contributed by atoms with E-state index >= 15 is 0 Å². The van der Waals surface area contributed by atoms with Crippen LogP contribution in [0.4, 0.5) is 4.20 Å². The maximum Gasteiger partial charge on any atom is 1.00 e. The van der Waals surface area contributed by atoms with E-state index in [9.17, 15) is 13.7 Å². The zero-order valence-corrected chi connectivity index (χ0v) is 8.65. The van der Waals surface area contributed by atoms with E-state index < -0.39 is 13.8 Å². The quantitative estimate of drug-likeness (QED) is 0.260. The van der Waals surface area contributed by atoms with Crippen molar-refractivity contribution in [3.8, 4) is 0 Å². The second-order valence-corrected chi connectivity index (χ2v) is 2.61. The molecule has 0 aliphatic rings. The Bertz CT molecular complexity index is 110. The van der Waals surface area contributed by atoms with Crippen LogP contribution in [0.1, 0.15) is 0 Å². The van der Waals surface area contributed by atoms with Crippen LogP contribution in [-0.4, -0.2) is 6.16 Å². The van der Waals surface area contributed by atoms with Crippen molar-refractivity contribution in [3.63, 3.8) is 0 Å². The van der Waals surface area contributed by atoms with Gasteiger partial charge in [0, 0.05) is 6.16 Å². The van der Waals surface area contributed by atoms with E-state index in [1.165, 1.54) is 0 Å². The molecule has 0 aliphatic carbocycles. The zero-order chi connectivity index (χ0) is 5.91. The van der Waals surface area contributed by atoms with Gasteiger partial charge in [0.05, 0.1) is 0 Å². The maximum absolute atomic E-state index is 11.3. The zero-order valence-electron chi connectivity index (χ0n) is 4.63. The topological polar surface area (TPSA) is 40.1 Å². The molecule has 0 radical (unpaired) electrons. The summed E-state index contributed by atoms with van der Waals surface area (Å²) in [5, 5.41) is 0. The predicted molar refractivity (Wildman–Crippen MR) is 23.8 cm³/mol. The Hall–Kier alpha value is 1.50. The molecule has 0 aromatic carbocycles. The van der Waals surface area contributed by atoms with Gasteiger partial charge in [-0.1, -0.05) is 6.08 Å². The second kappa shape index (κ2) is 5.29. The normalized spacial score (nSPS) is 15.8. The fourth-order valence-corrected chi connectivity index (χ4v) is 0.463. The van der Waals surface area contributed by atoms with Crippen LogP contribution in [0.5, 0.6) is 0 Å². The molecule has 0 rings (SSSR count). The Kier molecular flexibility index (Phi) is 8.07. The summed E-state index contributed by atoms with van der Waals surface area (Å²) in [4.78, 5) is 9.52. The third-order valence-corrected chi connectivity index (χ3v) is 1.04. The average Bonchev–Trinajstić information content (AvgIpc) is 1.30. The third kappa shape index (κ3) is 10.5. The van der Waals surface area contributed by atoms with Crippen LogP contribution in [0, 0.1) is 0 Å². The molecule has 0 heterocycles. The average molecular weight is 162 g/mol. The standard InChI is InChI=1S/C3H6FO2P.K/c1-2-3-7(4,5)6;/h2H,1,3H2,(H,5,6);/q;+1/p-1. The molecule has 0 aliphatic heterocycles. The molecule has 1 atom stereocenters. The molecule has 0 N–H and O–H groups in total. The van der Waals surface area contributed by atoms with Crippen molar-refractivity contribution < 1.29 is 65.0 Å². The van der Waals surface area contributed by atoms with Gasteiger partial charge < -0.3 is 9.46 Å². The summed E-state index contributed by atoms with van der Waals surface area (Å²) in [5.41, 5.74) is 0. The number of allylic oxidation sites excluding steroid dienone is 1. The van der Waals surface area contributed by atoms with Crippen LogP contribution in [0.25, 0.3) is 0 Å². The minimum absolute atomic E-state index is 0. The first-order valence-corrected chi connectivity index (χ1v) is 3.37. The van der Waals surface area contributed by atoms with Crippen LogP contribution in [0.2, 0.25) is 0 Å². The Balaban J connectivity index is 0.